The number of carbonyl (C=O) groups is 1. The number of nitrogens with one attached hydrogen (secondary N) is 1. The number of nitrogens with zero attached hydrogens (tertiary/aromatic N) is 1. The average Bonchev–Trinajstić information content (AvgIpc) is 2.28. The molecule has 1 aromatic rings. The molecule has 0 aliphatic rings. The van der Waals surface area contributed by atoms with Crippen molar-refractivity contribution in [1.82, 2.24) is 0 Å². The van der Waals surface area contributed by atoms with Gasteiger partial charge in [0, 0.05) is 18.7 Å². The first kappa shape index (κ1) is 12.7. The van der Waals surface area contributed by atoms with E-state index in [2.05, 4.69) is 11.9 Å². The van der Waals surface area contributed by atoms with Gasteiger partial charge < -0.3 is 10.4 Å². The monoisotopic (exact) mass is 236 g/mol. The number of anilines is 1. The van der Waals surface area contributed by atoms with E-state index in [9.17, 15) is 14.9 Å². The molecule has 0 fully saturated rings. The molecule has 17 heavy (non-hydrogen) atoms. The molecule has 0 heterocycles. The summed E-state index contributed by atoms with van der Waals surface area (Å²) in [5, 5.41) is 22.3. The maximum Gasteiger partial charge on any atom is 0.337 e. The van der Waals surface area contributed by atoms with Crippen LogP contribution in [0.25, 0.3) is 0 Å². The minimum Gasteiger partial charge on any atom is -0.478 e. The van der Waals surface area contributed by atoms with Crippen LogP contribution in [-0.4, -0.2) is 22.5 Å². The van der Waals surface area contributed by atoms with Crippen molar-refractivity contribution in [3.63, 3.8) is 0 Å². The molecule has 0 aliphatic heterocycles. The second kappa shape index (κ2) is 5.64. The number of nitro groups is 1. The Morgan fingerprint density at radius 1 is 1.59 bits per heavy atom. The van der Waals surface area contributed by atoms with Crippen LogP contribution in [0.15, 0.2) is 30.9 Å². The van der Waals surface area contributed by atoms with Crippen molar-refractivity contribution in [3.05, 3.63) is 46.5 Å². The number of hydrogen-bond acceptors (Lipinski definition) is 4. The summed E-state index contributed by atoms with van der Waals surface area (Å²) >= 11 is 0. The number of rotatable bonds is 6. The average molecular weight is 236 g/mol. The highest BCUT2D eigenvalue weighted by atomic mass is 16.6. The third-order valence-electron chi connectivity index (χ3n) is 2.11. The van der Waals surface area contributed by atoms with Gasteiger partial charge in [-0.25, -0.2) is 4.79 Å². The molecule has 0 spiro atoms. The third kappa shape index (κ3) is 3.30. The Morgan fingerprint density at radius 3 is 2.82 bits per heavy atom. The number of benzene rings is 1. The fourth-order valence-electron chi connectivity index (χ4n) is 1.29. The Morgan fingerprint density at radius 2 is 2.29 bits per heavy atom. The predicted molar refractivity (Wildman–Crippen MR) is 63.4 cm³/mol. The second-order valence-corrected chi connectivity index (χ2v) is 3.30. The molecular weight excluding hydrogens is 224 g/mol. The molecule has 0 unspecified atom stereocenters. The van der Waals surface area contributed by atoms with E-state index in [4.69, 9.17) is 5.11 Å². The molecule has 0 saturated carbocycles. The van der Waals surface area contributed by atoms with Crippen LogP contribution in [0.4, 0.5) is 11.4 Å². The summed E-state index contributed by atoms with van der Waals surface area (Å²) in [5.74, 6) is -1.12. The van der Waals surface area contributed by atoms with E-state index in [0.29, 0.717) is 13.0 Å². The number of aromatic carboxylic acids is 1. The van der Waals surface area contributed by atoms with Crippen LogP contribution in [-0.2, 0) is 0 Å². The number of carboxylic acid groups (broad SMARTS) is 1. The summed E-state index contributed by atoms with van der Waals surface area (Å²) in [7, 11) is 0. The lowest BCUT2D eigenvalue weighted by atomic mass is 10.1. The maximum atomic E-state index is 10.9. The molecular formula is C11H12N2O4. The molecule has 0 amide bonds. The lowest BCUT2D eigenvalue weighted by Gasteiger charge is -2.08. The highest BCUT2D eigenvalue weighted by Gasteiger charge is 2.14. The van der Waals surface area contributed by atoms with Gasteiger partial charge in [0.15, 0.2) is 0 Å². The lowest BCUT2D eigenvalue weighted by molar-refractivity contribution is -0.384. The fourth-order valence-corrected chi connectivity index (χ4v) is 1.29. The fraction of sp³-hybridized carbons (Fsp3) is 0.182. The first-order valence-corrected chi connectivity index (χ1v) is 4.92. The highest BCUT2D eigenvalue weighted by molar-refractivity contribution is 5.94. The minimum atomic E-state index is -1.12. The van der Waals surface area contributed by atoms with Gasteiger partial charge in [-0.05, 0) is 12.5 Å². The van der Waals surface area contributed by atoms with E-state index >= 15 is 0 Å². The topological polar surface area (TPSA) is 92.5 Å². The Bertz CT molecular complexity index is 457. The van der Waals surface area contributed by atoms with Gasteiger partial charge in [0.1, 0.15) is 0 Å². The van der Waals surface area contributed by atoms with Gasteiger partial charge in [-0.2, -0.15) is 0 Å². The molecule has 6 nitrogen and oxygen atoms in total. The van der Waals surface area contributed by atoms with Crippen LogP contribution in [0.5, 0.6) is 0 Å². The largest absolute Gasteiger partial charge is 0.478 e. The van der Waals surface area contributed by atoms with Gasteiger partial charge in [0.05, 0.1) is 16.2 Å². The van der Waals surface area contributed by atoms with Crippen molar-refractivity contribution < 1.29 is 14.8 Å². The maximum absolute atomic E-state index is 10.9. The van der Waals surface area contributed by atoms with Crippen LogP contribution in [0, 0.1) is 10.1 Å². The van der Waals surface area contributed by atoms with E-state index in [-0.39, 0.29) is 16.9 Å². The summed E-state index contributed by atoms with van der Waals surface area (Å²) in [5.41, 5.74) is 0.115. The van der Waals surface area contributed by atoms with Gasteiger partial charge in [-0.1, -0.05) is 6.08 Å². The summed E-state index contributed by atoms with van der Waals surface area (Å²) < 4.78 is 0. The predicted octanol–water partition coefficient (Wildman–Crippen LogP) is 2.28. The van der Waals surface area contributed by atoms with Crippen molar-refractivity contribution in [3.8, 4) is 0 Å². The lowest BCUT2D eigenvalue weighted by Crippen LogP contribution is -2.07. The van der Waals surface area contributed by atoms with Gasteiger partial charge in [-0.3, -0.25) is 10.1 Å². The van der Waals surface area contributed by atoms with Crippen molar-refractivity contribution in [1.29, 1.82) is 0 Å². The molecule has 0 bridgehead atoms. The molecule has 0 saturated heterocycles. The van der Waals surface area contributed by atoms with Gasteiger partial charge in [0.2, 0.25) is 0 Å². The van der Waals surface area contributed by atoms with E-state index in [1.807, 2.05) is 0 Å². The van der Waals surface area contributed by atoms with Crippen molar-refractivity contribution in [2.75, 3.05) is 11.9 Å². The van der Waals surface area contributed by atoms with E-state index in [1.54, 1.807) is 6.08 Å². The smallest absolute Gasteiger partial charge is 0.337 e. The Balaban J connectivity index is 3.02. The number of non-ortho nitro benzene ring substituents is 1. The van der Waals surface area contributed by atoms with Gasteiger partial charge in [-0.15, -0.1) is 6.58 Å². The standard InChI is InChI=1S/C11H12N2O4/c1-2-3-6-12-10-7-8(13(16)17)4-5-9(10)11(14)15/h2,4-5,7,12H,1,3,6H2,(H,14,15). The first-order valence-electron chi connectivity index (χ1n) is 4.92. The summed E-state index contributed by atoms with van der Waals surface area (Å²) in [6.07, 6.45) is 2.31. The molecule has 90 valence electrons. The zero-order valence-electron chi connectivity index (χ0n) is 9.05. The first-order chi connectivity index (χ1) is 8.06. The van der Waals surface area contributed by atoms with Crippen molar-refractivity contribution in [2.45, 2.75) is 6.42 Å². The quantitative estimate of drug-likeness (QED) is 0.342. The van der Waals surface area contributed by atoms with Gasteiger partial charge >= 0.3 is 5.97 Å². The van der Waals surface area contributed by atoms with E-state index in [1.165, 1.54) is 18.2 Å². The molecule has 2 N–H and O–H groups in total. The summed E-state index contributed by atoms with van der Waals surface area (Å²) in [6, 6.07) is 3.60. The minimum absolute atomic E-state index is 0.0136. The van der Waals surface area contributed by atoms with Crippen molar-refractivity contribution >= 4 is 17.3 Å². The van der Waals surface area contributed by atoms with Crippen LogP contribution in [0.1, 0.15) is 16.8 Å². The molecule has 0 aliphatic carbocycles. The van der Waals surface area contributed by atoms with E-state index < -0.39 is 10.9 Å². The van der Waals surface area contributed by atoms with Crippen LogP contribution < -0.4 is 5.32 Å². The molecule has 1 rings (SSSR count). The van der Waals surface area contributed by atoms with Crippen LogP contribution in [0.2, 0.25) is 0 Å². The Kier molecular flexibility index (Phi) is 4.21. The zero-order chi connectivity index (χ0) is 12.8. The SMILES string of the molecule is C=CCCNc1cc([N+](=O)[O-])ccc1C(=O)O. The van der Waals surface area contributed by atoms with Crippen LogP contribution in [0.3, 0.4) is 0 Å². The van der Waals surface area contributed by atoms with Gasteiger partial charge in [0.25, 0.3) is 5.69 Å². The van der Waals surface area contributed by atoms with E-state index in [0.717, 1.165) is 0 Å². The summed E-state index contributed by atoms with van der Waals surface area (Å²) in [4.78, 5) is 20.9. The molecule has 0 atom stereocenters. The summed E-state index contributed by atoms with van der Waals surface area (Å²) in [6.45, 7) is 4.01. The normalized spacial score (nSPS) is 9.65. The Labute approximate surface area is 97.7 Å². The van der Waals surface area contributed by atoms with Crippen molar-refractivity contribution in [2.24, 2.45) is 0 Å². The second-order valence-electron chi connectivity index (χ2n) is 3.30. The molecule has 6 heteroatoms. The number of hydrogen-bond donors (Lipinski definition) is 2. The zero-order valence-corrected chi connectivity index (χ0v) is 9.05. The highest BCUT2D eigenvalue weighted by Crippen LogP contribution is 2.22. The molecule has 0 radical (unpaired) electrons. The molecule has 0 aromatic heterocycles. The molecule has 1 aromatic carbocycles. The number of nitro benzene ring substituents is 1. The Hall–Kier alpha value is -2.37. The third-order valence-corrected chi connectivity index (χ3v) is 2.11. The van der Waals surface area contributed by atoms with Crippen LogP contribution >= 0.6 is 0 Å². The number of carboxylic acids is 1.